The lowest BCUT2D eigenvalue weighted by molar-refractivity contribution is 0.239. The van der Waals surface area contributed by atoms with Gasteiger partial charge in [0.05, 0.1) is 24.9 Å². The second kappa shape index (κ2) is 7.52. The minimum atomic E-state index is 0.0319. The second-order valence-electron chi connectivity index (χ2n) is 7.36. The summed E-state index contributed by atoms with van der Waals surface area (Å²) in [4.78, 5) is 22.4. The van der Waals surface area contributed by atoms with E-state index in [4.69, 9.17) is 26.1 Å². The fourth-order valence-electron chi connectivity index (χ4n) is 3.69. The third-order valence-electron chi connectivity index (χ3n) is 5.28. The van der Waals surface area contributed by atoms with Gasteiger partial charge in [0.15, 0.2) is 11.5 Å². The first kappa shape index (κ1) is 18.3. The van der Waals surface area contributed by atoms with E-state index in [0.717, 1.165) is 35.6 Å². The van der Waals surface area contributed by atoms with Crippen LogP contribution in [0, 0.1) is 5.92 Å². The van der Waals surface area contributed by atoms with Crippen molar-refractivity contribution in [3.05, 3.63) is 50.2 Å². The molecule has 0 amide bonds. The van der Waals surface area contributed by atoms with E-state index >= 15 is 0 Å². The van der Waals surface area contributed by atoms with Crippen molar-refractivity contribution in [1.82, 2.24) is 14.9 Å². The first-order valence-electron chi connectivity index (χ1n) is 9.31. The predicted octanol–water partition coefficient (Wildman–Crippen LogP) is 2.95. The van der Waals surface area contributed by atoms with Gasteiger partial charge in [-0.3, -0.25) is 9.69 Å². The number of methoxy groups -OCH3 is 2. The second-order valence-corrected chi connectivity index (χ2v) is 7.77. The smallest absolute Gasteiger partial charge is 0.254 e. The molecule has 0 unspecified atom stereocenters. The van der Waals surface area contributed by atoms with Gasteiger partial charge >= 0.3 is 0 Å². The molecule has 4 rings (SSSR count). The van der Waals surface area contributed by atoms with Crippen LogP contribution >= 0.6 is 11.6 Å². The number of H-pyrrole nitrogens is 1. The molecule has 27 heavy (non-hydrogen) atoms. The van der Waals surface area contributed by atoms with E-state index in [2.05, 4.69) is 9.88 Å². The number of ether oxygens (including phenoxy) is 2. The monoisotopic (exact) mass is 389 g/mol. The Balaban J connectivity index is 1.53. The summed E-state index contributed by atoms with van der Waals surface area (Å²) in [5, 5.41) is 0.533. The van der Waals surface area contributed by atoms with E-state index < -0.39 is 0 Å². The summed E-state index contributed by atoms with van der Waals surface area (Å²) in [7, 11) is 3.18. The lowest BCUT2D eigenvalue weighted by Crippen LogP contribution is -2.35. The van der Waals surface area contributed by atoms with Crippen LogP contribution in [0.2, 0.25) is 5.02 Å². The summed E-state index contributed by atoms with van der Waals surface area (Å²) in [6.45, 7) is 2.19. The maximum absolute atomic E-state index is 12.4. The number of hydrogen-bond donors (Lipinski definition) is 1. The summed E-state index contributed by atoms with van der Waals surface area (Å²) in [6.07, 6.45) is 4.08. The molecule has 1 fully saturated rings. The van der Waals surface area contributed by atoms with Gasteiger partial charge < -0.3 is 14.5 Å². The fourth-order valence-corrected chi connectivity index (χ4v) is 4.00. The Morgan fingerprint density at radius 2 is 2.11 bits per heavy atom. The molecular weight excluding hydrogens is 366 g/mol. The number of aromatic nitrogens is 2. The number of benzene rings is 1. The molecule has 7 heteroatoms. The van der Waals surface area contributed by atoms with Gasteiger partial charge in [0.1, 0.15) is 5.82 Å². The topological polar surface area (TPSA) is 67.5 Å². The Kier molecular flexibility index (Phi) is 5.10. The Bertz CT molecular complexity index is 908. The molecule has 0 saturated heterocycles. The molecule has 0 atom stereocenters. The summed E-state index contributed by atoms with van der Waals surface area (Å²) >= 11 is 6.33. The van der Waals surface area contributed by atoms with Crippen molar-refractivity contribution in [2.45, 2.75) is 38.8 Å². The Morgan fingerprint density at radius 1 is 1.30 bits per heavy atom. The van der Waals surface area contributed by atoms with Crippen molar-refractivity contribution in [3.63, 3.8) is 0 Å². The number of aromatic amines is 1. The molecule has 1 aliphatic heterocycles. The molecule has 1 aromatic heterocycles. The fraction of sp³-hybridized carbons (Fsp3) is 0.500. The van der Waals surface area contributed by atoms with Gasteiger partial charge in [0, 0.05) is 31.6 Å². The van der Waals surface area contributed by atoms with Gasteiger partial charge in [-0.25, -0.2) is 4.98 Å². The summed E-state index contributed by atoms with van der Waals surface area (Å²) < 4.78 is 10.7. The van der Waals surface area contributed by atoms with E-state index in [0.29, 0.717) is 41.9 Å². The average Bonchev–Trinajstić information content (AvgIpc) is 3.45. The molecule has 144 valence electrons. The zero-order valence-corrected chi connectivity index (χ0v) is 16.4. The molecule has 2 aliphatic rings. The largest absolute Gasteiger partial charge is 0.493 e. The molecule has 0 spiro atoms. The van der Waals surface area contributed by atoms with E-state index in [1.54, 1.807) is 14.2 Å². The lowest BCUT2D eigenvalue weighted by Gasteiger charge is -2.28. The van der Waals surface area contributed by atoms with Crippen LogP contribution in [0.1, 0.15) is 35.5 Å². The van der Waals surface area contributed by atoms with Crippen LogP contribution in [0.4, 0.5) is 0 Å². The van der Waals surface area contributed by atoms with Gasteiger partial charge in [-0.05, 0) is 42.9 Å². The van der Waals surface area contributed by atoms with Crippen molar-refractivity contribution in [2.75, 3.05) is 20.8 Å². The standard InChI is InChI=1S/C20H24ClN3O3/c1-26-17-8-13(7-15(21)19(17)27-2)10-24-6-5-14-16(11-24)22-18(23-20(14)25)9-12-3-4-12/h7-8,12H,3-6,9-11H2,1-2H3,(H,22,23,25). The van der Waals surface area contributed by atoms with Crippen molar-refractivity contribution in [2.24, 2.45) is 5.92 Å². The number of fused-ring (bicyclic) bond motifs is 1. The average molecular weight is 390 g/mol. The number of rotatable bonds is 6. The van der Waals surface area contributed by atoms with Gasteiger partial charge in [0.2, 0.25) is 0 Å². The summed E-state index contributed by atoms with van der Waals surface area (Å²) in [6, 6.07) is 3.85. The van der Waals surface area contributed by atoms with E-state index in [1.165, 1.54) is 12.8 Å². The Morgan fingerprint density at radius 3 is 2.81 bits per heavy atom. The molecular formula is C20H24ClN3O3. The predicted molar refractivity (Wildman–Crippen MR) is 104 cm³/mol. The zero-order valence-electron chi connectivity index (χ0n) is 15.7. The number of halogens is 1. The van der Waals surface area contributed by atoms with E-state index in [9.17, 15) is 4.79 Å². The molecule has 1 aliphatic carbocycles. The first-order chi connectivity index (χ1) is 13.1. The minimum absolute atomic E-state index is 0.0319. The van der Waals surface area contributed by atoms with Crippen molar-refractivity contribution in [1.29, 1.82) is 0 Å². The van der Waals surface area contributed by atoms with Crippen molar-refractivity contribution >= 4 is 11.6 Å². The third-order valence-corrected chi connectivity index (χ3v) is 5.56. The highest BCUT2D eigenvalue weighted by atomic mass is 35.5. The van der Waals surface area contributed by atoms with E-state index in [-0.39, 0.29) is 5.56 Å². The summed E-state index contributed by atoms with van der Waals surface area (Å²) in [5.41, 5.74) is 2.82. The molecule has 1 aromatic carbocycles. The van der Waals surface area contributed by atoms with Gasteiger partial charge in [-0.2, -0.15) is 0 Å². The van der Waals surface area contributed by atoms with Crippen LogP contribution in [0.15, 0.2) is 16.9 Å². The van der Waals surface area contributed by atoms with Crippen LogP contribution in [-0.2, 0) is 25.9 Å². The number of nitrogens with zero attached hydrogens (tertiary/aromatic N) is 2. The van der Waals surface area contributed by atoms with E-state index in [1.807, 2.05) is 12.1 Å². The molecule has 2 heterocycles. The van der Waals surface area contributed by atoms with Crippen LogP contribution < -0.4 is 15.0 Å². The SMILES string of the molecule is COc1cc(CN2CCc3c(nc(CC4CC4)[nH]c3=O)C2)cc(Cl)c1OC. The molecule has 1 saturated carbocycles. The molecule has 1 N–H and O–H groups in total. The van der Waals surface area contributed by atoms with Crippen molar-refractivity contribution < 1.29 is 9.47 Å². The highest BCUT2D eigenvalue weighted by Crippen LogP contribution is 2.36. The van der Waals surface area contributed by atoms with Gasteiger partial charge in [-0.15, -0.1) is 0 Å². The van der Waals surface area contributed by atoms with Gasteiger partial charge in [0.25, 0.3) is 5.56 Å². The highest BCUT2D eigenvalue weighted by Gasteiger charge is 2.25. The quantitative estimate of drug-likeness (QED) is 0.822. The maximum Gasteiger partial charge on any atom is 0.254 e. The summed E-state index contributed by atoms with van der Waals surface area (Å²) in [5.74, 6) is 2.69. The normalized spacial score (nSPS) is 16.9. The van der Waals surface area contributed by atoms with Crippen LogP contribution in [0.5, 0.6) is 11.5 Å². The molecule has 0 radical (unpaired) electrons. The van der Waals surface area contributed by atoms with Gasteiger partial charge in [-0.1, -0.05) is 11.6 Å². The third kappa shape index (κ3) is 3.96. The minimum Gasteiger partial charge on any atom is -0.493 e. The molecule has 6 nitrogen and oxygen atoms in total. The lowest BCUT2D eigenvalue weighted by atomic mass is 10.0. The number of nitrogens with one attached hydrogen (secondary N) is 1. The van der Waals surface area contributed by atoms with Crippen LogP contribution in [0.25, 0.3) is 0 Å². The Labute approximate surface area is 163 Å². The first-order valence-corrected chi connectivity index (χ1v) is 9.69. The maximum atomic E-state index is 12.4. The van der Waals surface area contributed by atoms with Crippen LogP contribution in [-0.4, -0.2) is 35.6 Å². The van der Waals surface area contributed by atoms with Crippen LogP contribution in [0.3, 0.4) is 0 Å². The van der Waals surface area contributed by atoms with Crippen molar-refractivity contribution in [3.8, 4) is 11.5 Å². The highest BCUT2D eigenvalue weighted by molar-refractivity contribution is 6.32. The molecule has 0 bridgehead atoms. The zero-order chi connectivity index (χ0) is 19.0. The molecule has 2 aromatic rings. The number of hydrogen-bond acceptors (Lipinski definition) is 5. The Hall–Kier alpha value is -2.05.